The molecule has 3 heterocycles. The molecular weight excluding hydrogens is 312 g/mol. The Morgan fingerprint density at radius 3 is 3.04 bits per heavy atom. The van der Waals surface area contributed by atoms with Crippen LogP contribution in [0, 0.1) is 6.92 Å². The summed E-state index contributed by atoms with van der Waals surface area (Å²) in [6, 6.07) is 2.35. The molecule has 0 aliphatic carbocycles. The number of piperidine rings is 1. The minimum Gasteiger partial charge on any atom is -0.361 e. The van der Waals surface area contributed by atoms with Crippen LogP contribution in [0.25, 0.3) is 0 Å². The maximum Gasteiger partial charge on any atom is 0.151 e. The molecule has 1 N–H and O–H groups in total. The topological polar surface area (TPSA) is 58.0 Å². The van der Waals surface area contributed by atoms with Crippen molar-refractivity contribution >= 4 is 11.6 Å². The molecular formula is C17H25ClN4O. The molecule has 1 unspecified atom stereocenters. The number of aromatic amines is 1. The molecule has 1 aliphatic heterocycles. The summed E-state index contributed by atoms with van der Waals surface area (Å²) in [6.07, 6.45) is 6.80. The molecule has 126 valence electrons. The molecule has 2 aromatic rings. The smallest absolute Gasteiger partial charge is 0.151 e. The molecule has 0 bridgehead atoms. The van der Waals surface area contributed by atoms with Gasteiger partial charge >= 0.3 is 0 Å². The van der Waals surface area contributed by atoms with Crippen LogP contribution in [0.1, 0.15) is 68.0 Å². The monoisotopic (exact) mass is 336 g/mol. The average molecular weight is 337 g/mol. The summed E-state index contributed by atoms with van der Waals surface area (Å²) >= 11 is 6.34. The Morgan fingerprint density at radius 1 is 1.43 bits per heavy atom. The van der Waals surface area contributed by atoms with Crippen LogP contribution in [-0.2, 0) is 13.0 Å². The Bertz CT molecular complexity index is 636. The molecule has 3 rings (SSSR count). The lowest BCUT2D eigenvalue weighted by molar-refractivity contribution is 0.132. The van der Waals surface area contributed by atoms with E-state index in [0.717, 1.165) is 61.7 Å². The summed E-state index contributed by atoms with van der Waals surface area (Å²) in [5.74, 6) is 1.87. The molecule has 0 radical (unpaired) electrons. The zero-order valence-corrected chi connectivity index (χ0v) is 14.7. The first-order valence-electron chi connectivity index (χ1n) is 8.58. The van der Waals surface area contributed by atoms with Gasteiger partial charge in [-0.15, -0.1) is 0 Å². The average Bonchev–Trinajstić information content (AvgIpc) is 3.12. The van der Waals surface area contributed by atoms with E-state index in [4.69, 9.17) is 16.1 Å². The van der Waals surface area contributed by atoms with Crippen molar-refractivity contribution in [3.8, 4) is 0 Å². The second kappa shape index (κ2) is 7.49. The van der Waals surface area contributed by atoms with Crippen molar-refractivity contribution in [1.29, 1.82) is 0 Å². The van der Waals surface area contributed by atoms with Crippen LogP contribution in [0.2, 0.25) is 5.15 Å². The summed E-state index contributed by atoms with van der Waals surface area (Å²) in [5, 5.41) is 4.83. The van der Waals surface area contributed by atoms with Crippen LogP contribution in [0.3, 0.4) is 0 Å². The molecule has 0 aromatic carbocycles. The van der Waals surface area contributed by atoms with Gasteiger partial charge in [-0.1, -0.05) is 36.5 Å². The summed E-state index contributed by atoms with van der Waals surface area (Å²) in [6.45, 7) is 5.96. The highest BCUT2D eigenvalue weighted by molar-refractivity contribution is 6.30. The number of nitrogens with zero attached hydrogens (tertiary/aromatic N) is 3. The van der Waals surface area contributed by atoms with Crippen LogP contribution < -0.4 is 0 Å². The summed E-state index contributed by atoms with van der Waals surface area (Å²) in [7, 11) is 0. The molecule has 2 aromatic heterocycles. The zero-order valence-electron chi connectivity index (χ0n) is 13.9. The maximum absolute atomic E-state index is 6.34. The third kappa shape index (κ3) is 3.96. The molecule has 23 heavy (non-hydrogen) atoms. The van der Waals surface area contributed by atoms with Gasteiger partial charge in [-0.25, -0.2) is 4.98 Å². The lowest BCUT2D eigenvalue weighted by Crippen LogP contribution is -2.33. The number of hydrogen-bond acceptors (Lipinski definition) is 4. The summed E-state index contributed by atoms with van der Waals surface area (Å²) in [5.41, 5.74) is 2.05. The highest BCUT2D eigenvalue weighted by atomic mass is 35.5. The Balaban J connectivity index is 1.73. The number of rotatable bonds is 6. The number of hydrogen-bond donors (Lipinski definition) is 1. The molecule has 0 spiro atoms. The minimum atomic E-state index is 0.305. The lowest BCUT2D eigenvalue weighted by atomic mass is 9.99. The number of likely N-dealkylation sites (tertiary alicyclic amines) is 1. The first-order chi connectivity index (χ1) is 11.2. The van der Waals surface area contributed by atoms with Crippen molar-refractivity contribution in [2.45, 2.75) is 65.0 Å². The van der Waals surface area contributed by atoms with Crippen molar-refractivity contribution < 1.29 is 4.52 Å². The van der Waals surface area contributed by atoms with E-state index >= 15 is 0 Å². The second-order valence-electron chi connectivity index (χ2n) is 6.40. The highest BCUT2D eigenvalue weighted by Crippen LogP contribution is 2.32. The van der Waals surface area contributed by atoms with Crippen LogP contribution in [0.5, 0.6) is 0 Å². The van der Waals surface area contributed by atoms with Crippen LogP contribution in [0.4, 0.5) is 0 Å². The van der Waals surface area contributed by atoms with Crippen molar-refractivity contribution in [3.63, 3.8) is 0 Å². The van der Waals surface area contributed by atoms with E-state index in [1.807, 2.05) is 13.0 Å². The maximum atomic E-state index is 6.34. The number of aryl methyl sites for hydroxylation is 2. The number of aromatic nitrogens is 3. The number of halogens is 1. The quantitative estimate of drug-likeness (QED) is 0.847. The fourth-order valence-corrected chi connectivity index (χ4v) is 3.48. The molecule has 0 amide bonds. The van der Waals surface area contributed by atoms with Crippen molar-refractivity contribution in [1.82, 2.24) is 20.0 Å². The SMILES string of the molecule is CCCCc1nc(Cl)c(CN2CCCCC2c2cc(C)on2)[nH]1. The van der Waals surface area contributed by atoms with E-state index in [1.54, 1.807) is 0 Å². The van der Waals surface area contributed by atoms with Gasteiger partial charge < -0.3 is 9.51 Å². The van der Waals surface area contributed by atoms with Crippen molar-refractivity contribution in [2.24, 2.45) is 0 Å². The van der Waals surface area contributed by atoms with Gasteiger partial charge in [-0.05, 0) is 32.7 Å². The number of unbranched alkanes of at least 4 members (excludes halogenated alkanes) is 1. The van der Waals surface area contributed by atoms with E-state index in [2.05, 4.69) is 26.9 Å². The fourth-order valence-electron chi connectivity index (χ4n) is 3.27. The third-order valence-corrected chi connectivity index (χ3v) is 4.82. The standard InChI is InChI=1S/C17H25ClN4O/c1-3-4-8-16-19-14(17(18)20-16)11-22-9-6-5-7-15(22)13-10-12(2)23-21-13/h10,15H,3-9,11H2,1-2H3,(H,19,20). The second-order valence-corrected chi connectivity index (χ2v) is 6.76. The molecule has 6 heteroatoms. The van der Waals surface area contributed by atoms with E-state index < -0.39 is 0 Å². The number of imidazole rings is 1. The molecule has 0 saturated carbocycles. The highest BCUT2D eigenvalue weighted by Gasteiger charge is 2.27. The van der Waals surface area contributed by atoms with Gasteiger partial charge in [0.05, 0.1) is 11.7 Å². The van der Waals surface area contributed by atoms with E-state index in [-0.39, 0.29) is 0 Å². The van der Waals surface area contributed by atoms with Gasteiger partial charge in [0.2, 0.25) is 0 Å². The summed E-state index contributed by atoms with van der Waals surface area (Å²) in [4.78, 5) is 10.3. The van der Waals surface area contributed by atoms with Gasteiger partial charge in [-0.3, -0.25) is 4.90 Å². The molecule has 1 aliphatic rings. The van der Waals surface area contributed by atoms with Gasteiger partial charge in [0.1, 0.15) is 17.3 Å². The van der Waals surface area contributed by atoms with Crippen LogP contribution in [0.15, 0.2) is 10.6 Å². The van der Waals surface area contributed by atoms with Gasteiger partial charge in [-0.2, -0.15) is 0 Å². The number of H-pyrrole nitrogens is 1. The zero-order chi connectivity index (χ0) is 16.2. The number of nitrogens with one attached hydrogen (secondary N) is 1. The molecule has 5 nitrogen and oxygen atoms in total. The fraction of sp³-hybridized carbons (Fsp3) is 0.647. The predicted molar refractivity (Wildman–Crippen MR) is 90.5 cm³/mol. The Kier molecular flexibility index (Phi) is 5.38. The Morgan fingerprint density at radius 2 is 2.30 bits per heavy atom. The normalized spacial score (nSPS) is 19.3. The first-order valence-corrected chi connectivity index (χ1v) is 8.95. The third-order valence-electron chi connectivity index (χ3n) is 4.51. The van der Waals surface area contributed by atoms with Gasteiger partial charge in [0.15, 0.2) is 5.15 Å². The lowest BCUT2D eigenvalue weighted by Gasteiger charge is -2.34. The minimum absolute atomic E-state index is 0.305. The van der Waals surface area contributed by atoms with E-state index in [9.17, 15) is 0 Å². The van der Waals surface area contributed by atoms with Gasteiger partial charge in [0, 0.05) is 19.0 Å². The van der Waals surface area contributed by atoms with Crippen LogP contribution >= 0.6 is 11.6 Å². The van der Waals surface area contributed by atoms with E-state index in [0.29, 0.717) is 11.2 Å². The van der Waals surface area contributed by atoms with Gasteiger partial charge in [0.25, 0.3) is 0 Å². The van der Waals surface area contributed by atoms with Crippen molar-refractivity contribution in [2.75, 3.05) is 6.54 Å². The molecule has 1 saturated heterocycles. The van der Waals surface area contributed by atoms with Crippen molar-refractivity contribution in [3.05, 3.63) is 34.2 Å². The first kappa shape index (κ1) is 16.5. The Hall–Kier alpha value is -1.33. The van der Waals surface area contributed by atoms with Crippen LogP contribution in [-0.4, -0.2) is 26.6 Å². The predicted octanol–water partition coefficient (Wildman–Crippen LogP) is 4.43. The Labute approximate surface area is 142 Å². The molecule has 1 fully saturated rings. The van der Waals surface area contributed by atoms with E-state index in [1.165, 1.54) is 12.8 Å². The summed E-state index contributed by atoms with van der Waals surface area (Å²) < 4.78 is 5.27. The molecule has 1 atom stereocenters. The largest absolute Gasteiger partial charge is 0.361 e.